The van der Waals surface area contributed by atoms with Crippen molar-refractivity contribution in [3.8, 4) is 0 Å². The van der Waals surface area contributed by atoms with Crippen LogP contribution in [0.25, 0.3) is 0 Å². The van der Waals surface area contributed by atoms with E-state index in [1.165, 1.54) is 4.57 Å². The molecule has 0 amide bonds. The first kappa shape index (κ1) is 12.3. The highest BCUT2D eigenvalue weighted by atomic mass is 32.2. The Kier molecular flexibility index (Phi) is 4.00. The van der Waals surface area contributed by atoms with E-state index >= 15 is 0 Å². The summed E-state index contributed by atoms with van der Waals surface area (Å²) in [6.45, 7) is 1.55. The Balaban J connectivity index is 2.82. The maximum atomic E-state index is 11.3. The lowest BCUT2D eigenvalue weighted by molar-refractivity contribution is 0.265. The molecule has 15 heavy (non-hydrogen) atoms. The molecular weight excluding hydrogens is 238 g/mol. The van der Waals surface area contributed by atoms with Crippen molar-refractivity contribution < 1.29 is 13.5 Å². The van der Waals surface area contributed by atoms with E-state index in [1.54, 1.807) is 6.92 Å². The Morgan fingerprint density at radius 2 is 2.27 bits per heavy atom. The van der Waals surface area contributed by atoms with Crippen molar-refractivity contribution in [3.05, 3.63) is 10.6 Å². The van der Waals surface area contributed by atoms with Crippen LogP contribution in [0, 0.1) is 4.77 Å². The van der Waals surface area contributed by atoms with Gasteiger partial charge in [0.1, 0.15) is 6.61 Å². The maximum absolute atomic E-state index is 11.3. The quantitative estimate of drug-likeness (QED) is 0.712. The highest BCUT2D eigenvalue weighted by Gasteiger charge is 2.10. The van der Waals surface area contributed by atoms with Crippen LogP contribution >= 0.6 is 12.2 Å². The molecule has 1 rings (SSSR count). The van der Waals surface area contributed by atoms with Gasteiger partial charge in [0, 0.05) is 12.3 Å². The molecule has 0 spiro atoms. The van der Waals surface area contributed by atoms with Gasteiger partial charge in [0.25, 0.3) is 0 Å². The van der Waals surface area contributed by atoms with Gasteiger partial charge < -0.3 is 9.67 Å². The van der Waals surface area contributed by atoms with E-state index in [0.717, 1.165) is 0 Å². The van der Waals surface area contributed by atoms with Crippen molar-refractivity contribution in [1.29, 1.82) is 0 Å². The van der Waals surface area contributed by atoms with Gasteiger partial charge in [-0.25, -0.2) is 8.42 Å². The average Bonchev–Trinajstić information content (AvgIpc) is 2.56. The summed E-state index contributed by atoms with van der Waals surface area (Å²) in [6.07, 6.45) is 0. The highest BCUT2D eigenvalue weighted by molar-refractivity contribution is 7.91. The second-order valence-corrected chi connectivity index (χ2v) is 5.85. The van der Waals surface area contributed by atoms with Gasteiger partial charge in [-0.05, 0) is 12.2 Å². The lowest BCUT2D eigenvalue weighted by atomic mass is 10.6. The third kappa shape index (κ3) is 3.11. The van der Waals surface area contributed by atoms with Crippen molar-refractivity contribution in [2.24, 2.45) is 0 Å². The molecule has 1 aromatic heterocycles. The summed E-state index contributed by atoms with van der Waals surface area (Å²) in [4.78, 5) is 0. The van der Waals surface area contributed by atoms with Gasteiger partial charge in [-0.3, -0.25) is 5.10 Å². The summed E-state index contributed by atoms with van der Waals surface area (Å²) in [7, 11) is -3.03. The number of rotatable bonds is 5. The molecule has 0 aliphatic heterocycles. The van der Waals surface area contributed by atoms with Crippen LogP contribution in [0.2, 0.25) is 0 Å². The Hall–Kier alpha value is -0.730. The number of sulfone groups is 1. The second kappa shape index (κ2) is 4.86. The first-order chi connectivity index (χ1) is 7.00. The SMILES string of the molecule is CCS(=O)(=O)CCn1c(CO)n[nH]c1=S. The molecule has 0 aliphatic rings. The van der Waals surface area contributed by atoms with Crippen LogP contribution in [-0.2, 0) is 23.0 Å². The van der Waals surface area contributed by atoms with Crippen molar-refractivity contribution >= 4 is 22.1 Å². The first-order valence-electron chi connectivity index (χ1n) is 4.45. The Bertz CT molecular complexity index is 474. The smallest absolute Gasteiger partial charge is 0.195 e. The minimum atomic E-state index is -3.03. The molecule has 8 heteroatoms. The number of aliphatic hydroxyl groups is 1. The summed E-state index contributed by atoms with van der Waals surface area (Å²) in [6, 6.07) is 0. The van der Waals surface area contributed by atoms with E-state index in [-0.39, 0.29) is 24.7 Å². The van der Waals surface area contributed by atoms with Crippen LogP contribution in [0.4, 0.5) is 0 Å². The topological polar surface area (TPSA) is 88.0 Å². The molecule has 0 aromatic carbocycles. The van der Waals surface area contributed by atoms with Gasteiger partial charge >= 0.3 is 0 Å². The van der Waals surface area contributed by atoms with Crippen LogP contribution in [0.1, 0.15) is 12.7 Å². The summed E-state index contributed by atoms with van der Waals surface area (Å²) in [5.74, 6) is 0.461. The Labute approximate surface area is 92.9 Å². The fraction of sp³-hybridized carbons (Fsp3) is 0.714. The largest absolute Gasteiger partial charge is 0.388 e. The van der Waals surface area contributed by atoms with Crippen molar-refractivity contribution in [2.75, 3.05) is 11.5 Å². The molecule has 0 fully saturated rings. The van der Waals surface area contributed by atoms with Crippen molar-refractivity contribution in [1.82, 2.24) is 14.8 Å². The molecule has 1 aromatic rings. The molecule has 6 nitrogen and oxygen atoms in total. The van der Waals surface area contributed by atoms with E-state index in [9.17, 15) is 8.42 Å². The van der Waals surface area contributed by atoms with Gasteiger partial charge in [-0.1, -0.05) is 6.92 Å². The van der Waals surface area contributed by atoms with Crippen LogP contribution in [0.5, 0.6) is 0 Å². The molecule has 2 N–H and O–H groups in total. The third-order valence-electron chi connectivity index (χ3n) is 2.04. The van der Waals surface area contributed by atoms with E-state index < -0.39 is 9.84 Å². The van der Waals surface area contributed by atoms with Gasteiger partial charge in [0.05, 0.1) is 5.75 Å². The molecule has 1 heterocycles. The van der Waals surface area contributed by atoms with E-state index in [2.05, 4.69) is 10.2 Å². The van der Waals surface area contributed by atoms with Crippen LogP contribution in [0.3, 0.4) is 0 Å². The molecule has 0 radical (unpaired) electrons. The van der Waals surface area contributed by atoms with Crippen LogP contribution in [0.15, 0.2) is 0 Å². The molecule has 86 valence electrons. The second-order valence-electron chi connectivity index (χ2n) is 2.99. The number of aromatic nitrogens is 3. The maximum Gasteiger partial charge on any atom is 0.195 e. The standard InChI is InChI=1S/C7H13N3O3S2/c1-2-15(12,13)4-3-10-6(5-11)8-9-7(10)14/h11H,2-5H2,1H3,(H,9,14). The summed E-state index contributed by atoms with van der Waals surface area (Å²) >= 11 is 4.90. The highest BCUT2D eigenvalue weighted by Crippen LogP contribution is 2.00. The minimum Gasteiger partial charge on any atom is -0.388 e. The molecular formula is C7H13N3O3S2. The number of nitrogens with zero attached hydrogens (tertiary/aromatic N) is 2. The summed E-state index contributed by atoms with van der Waals surface area (Å²) < 4.78 is 24.3. The third-order valence-corrected chi connectivity index (χ3v) is 4.04. The van der Waals surface area contributed by atoms with Gasteiger partial charge in [-0.2, -0.15) is 5.10 Å². The van der Waals surface area contributed by atoms with E-state index in [4.69, 9.17) is 17.3 Å². The molecule has 0 aliphatic carbocycles. The average molecular weight is 251 g/mol. The summed E-state index contributed by atoms with van der Waals surface area (Å²) in [5.41, 5.74) is 0. The zero-order valence-electron chi connectivity index (χ0n) is 8.30. The Morgan fingerprint density at radius 3 is 2.80 bits per heavy atom. The van der Waals surface area contributed by atoms with Crippen LogP contribution in [-0.4, -0.2) is 39.8 Å². The first-order valence-corrected chi connectivity index (χ1v) is 6.68. The monoisotopic (exact) mass is 251 g/mol. The fourth-order valence-electron chi connectivity index (χ4n) is 1.08. The number of H-pyrrole nitrogens is 1. The summed E-state index contributed by atoms with van der Waals surface area (Å²) in [5, 5.41) is 15.2. The number of hydrogen-bond donors (Lipinski definition) is 2. The molecule has 0 atom stereocenters. The lowest BCUT2D eigenvalue weighted by Crippen LogP contribution is -2.16. The number of aromatic amines is 1. The van der Waals surface area contributed by atoms with Crippen molar-refractivity contribution in [3.63, 3.8) is 0 Å². The zero-order chi connectivity index (χ0) is 11.5. The van der Waals surface area contributed by atoms with E-state index in [0.29, 0.717) is 10.6 Å². The zero-order valence-corrected chi connectivity index (χ0v) is 9.94. The molecule has 0 bridgehead atoms. The molecule has 0 saturated carbocycles. The van der Waals surface area contributed by atoms with Gasteiger partial charge in [-0.15, -0.1) is 0 Å². The number of aliphatic hydroxyl groups excluding tert-OH is 1. The lowest BCUT2D eigenvalue weighted by Gasteiger charge is -2.04. The minimum absolute atomic E-state index is 0.00431. The Morgan fingerprint density at radius 1 is 1.60 bits per heavy atom. The van der Waals surface area contributed by atoms with Crippen molar-refractivity contribution in [2.45, 2.75) is 20.1 Å². The predicted octanol–water partition coefficient (Wildman–Crippen LogP) is -0.132. The van der Waals surface area contributed by atoms with Gasteiger partial charge in [0.15, 0.2) is 20.4 Å². The van der Waals surface area contributed by atoms with Gasteiger partial charge in [0.2, 0.25) is 0 Å². The van der Waals surface area contributed by atoms with E-state index in [1.807, 2.05) is 0 Å². The van der Waals surface area contributed by atoms with Crippen LogP contribution < -0.4 is 0 Å². The number of hydrogen-bond acceptors (Lipinski definition) is 5. The fourth-order valence-corrected chi connectivity index (χ4v) is 2.07. The number of nitrogens with one attached hydrogen (secondary N) is 1. The molecule has 0 saturated heterocycles. The molecule has 0 unspecified atom stereocenters. The normalized spacial score (nSPS) is 11.9. The predicted molar refractivity (Wildman–Crippen MR) is 57.7 cm³/mol.